The van der Waals surface area contributed by atoms with E-state index in [4.69, 9.17) is 17.0 Å². The minimum absolute atomic E-state index is 0.172. The van der Waals surface area contributed by atoms with Crippen LogP contribution in [0.4, 0.5) is 0 Å². The number of hydrogen-bond acceptors (Lipinski definition) is 0. The number of allylic oxidation sites excluding steroid dienone is 2. The van der Waals surface area contributed by atoms with Crippen molar-refractivity contribution in [2.24, 2.45) is 0 Å². The molecular weight excluding hydrogens is 575 g/mol. The molecule has 2 aliphatic rings. The third kappa shape index (κ3) is 4.21. The van der Waals surface area contributed by atoms with Crippen LogP contribution in [-0.2, 0) is 22.0 Å². The molecule has 3 aromatic rings. The molecule has 0 aliphatic heterocycles. The molecule has 0 aromatic heterocycles. The van der Waals surface area contributed by atoms with E-state index in [0.717, 1.165) is 19.3 Å². The van der Waals surface area contributed by atoms with Gasteiger partial charge in [-0.2, -0.15) is 0 Å². The van der Waals surface area contributed by atoms with E-state index in [2.05, 4.69) is 112 Å². The van der Waals surface area contributed by atoms with Crippen molar-refractivity contribution in [3.8, 4) is 11.1 Å². The van der Waals surface area contributed by atoms with E-state index in [0.29, 0.717) is 0 Å². The van der Waals surface area contributed by atoms with Crippen molar-refractivity contribution < 1.29 is 15.6 Å². The van der Waals surface area contributed by atoms with Gasteiger partial charge in [-0.1, -0.05) is 0 Å². The maximum absolute atomic E-state index is 8.23. The van der Waals surface area contributed by atoms with Gasteiger partial charge in [0.05, 0.1) is 0 Å². The molecule has 2 unspecified atom stereocenters. The molecule has 0 fully saturated rings. The average molecular weight is 612 g/mol. The third-order valence-electron chi connectivity index (χ3n) is 8.54. The molecule has 0 heterocycles. The van der Waals surface area contributed by atoms with Gasteiger partial charge in [-0.25, -0.2) is 0 Å². The predicted octanol–water partition coefficient (Wildman–Crippen LogP) is 10.3. The summed E-state index contributed by atoms with van der Waals surface area (Å²) in [4.78, 5) is 0. The summed E-state index contributed by atoms with van der Waals surface area (Å²) in [6.07, 6.45) is 11.6. The van der Waals surface area contributed by atoms with Gasteiger partial charge >= 0.3 is 228 Å². The molecule has 0 saturated heterocycles. The van der Waals surface area contributed by atoms with E-state index >= 15 is 0 Å². The molecule has 0 radical (unpaired) electrons. The van der Waals surface area contributed by atoms with Gasteiger partial charge in [0, 0.05) is 0 Å². The van der Waals surface area contributed by atoms with Crippen molar-refractivity contribution in [1.82, 2.24) is 0 Å². The van der Waals surface area contributed by atoms with E-state index in [9.17, 15) is 0 Å². The summed E-state index contributed by atoms with van der Waals surface area (Å²) in [5.74, 6) is -1.46. The summed E-state index contributed by atoms with van der Waals surface area (Å²) in [5, 5.41) is 0. The third-order valence-corrected chi connectivity index (χ3v) is 60.5. The first-order valence-corrected chi connectivity index (χ1v) is 29.9. The summed E-state index contributed by atoms with van der Waals surface area (Å²) in [5.41, 5.74) is 10.8. The molecule has 0 bridgehead atoms. The number of fused-ring (bicyclic) bond motifs is 2. The van der Waals surface area contributed by atoms with E-state index in [1.807, 2.05) is 0 Å². The normalized spacial score (nSPS) is 19.6. The van der Waals surface area contributed by atoms with E-state index in [1.165, 1.54) is 50.9 Å². The number of aryl methyl sites for hydroxylation is 1. The number of rotatable bonds is 8. The molecule has 0 nitrogen and oxygen atoms in total. The first-order chi connectivity index (χ1) is 17.3. The predicted molar refractivity (Wildman–Crippen MR) is 160 cm³/mol. The first-order valence-electron chi connectivity index (χ1n) is 13.6. The minimum atomic E-state index is -4.49. The van der Waals surface area contributed by atoms with Crippen LogP contribution in [-0.4, -0.2) is 5.92 Å². The zero-order chi connectivity index (χ0) is 25.5. The molecule has 0 amide bonds. The van der Waals surface area contributed by atoms with Crippen LogP contribution in [0, 0.1) is 0 Å². The van der Waals surface area contributed by atoms with Crippen molar-refractivity contribution in [2.75, 3.05) is 0 Å². The summed E-state index contributed by atoms with van der Waals surface area (Å²) < 4.78 is 0.349. The van der Waals surface area contributed by atoms with Crippen molar-refractivity contribution in [2.45, 2.75) is 59.9 Å². The van der Waals surface area contributed by atoms with Crippen LogP contribution in [0.25, 0.3) is 23.3 Å². The second-order valence-electron chi connectivity index (χ2n) is 11.0. The Bertz CT molecular complexity index is 1340. The molecule has 0 saturated carbocycles. The van der Waals surface area contributed by atoms with Crippen LogP contribution in [0.3, 0.4) is 0 Å². The van der Waals surface area contributed by atoms with E-state index < -0.39 is 21.5 Å². The van der Waals surface area contributed by atoms with Crippen LogP contribution in [0.5, 0.6) is 0 Å². The Labute approximate surface area is 226 Å². The zero-order valence-corrected chi connectivity index (χ0v) is 27.0. The Morgan fingerprint density at radius 1 is 0.806 bits per heavy atom. The van der Waals surface area contributed by atoms with Crippen molar-refractivity contribution in [3.63, 3.8) is 0 Å². The van der Waals surface area contributed by atoms with Crippen molar-refractivity contribution >= 4 is 35.1 Å². The molecule has 2 aliphatic carbocycles. The number of halogens is 2. The van der Waals surface area contributed by atoms with Gasteiger partial charge < -0.3 is 0 Å². The SMILES string of the molecule is CCCC1=Cc2c(-c3ccc(CCC)cc3)cccc2[CH]1[Zr]([Cl])([Cl])([CH]1C=Cc2ccccc21)[SiH](C)C. The Hall–Kier alpha value is -1.18. The van der Waals surface area contributed by atoms with Crippen LogP contribution in [0.15, 0.2) is 78.4 Å². The quantitative estimate of drug-likeness (QED) is 0.222. The Balaban J connectivity index is 1.69. The summed E-state index contributed by atoms with van der Waals surface area (Å²) in [6.45, 7) is 9.34. The fourth-order valence-corrected chi connectivity index (χ4v) is 36.1. The first kappa shape index (κ1) is 26.4. The van der Waals surface area contributed by atoms with Crippen LogP contribution < -0.4 is 0 Å². The molecular formula is C32H37Cl2SiZr. The van der Waals surface area contributed by atoms with Gasteiger partial charge in [0.15, 0.2) is 0 Å². The maximum atomic E-state index is 8.23. The molecule has 187 valence electrons. The molecule has 3 aromatic carbocycles. The van der Waals surface area contributed by atoms with Crippen LogP contribution >= 0.6 is 17.0 Å². The van der Waals surface area contributed by atoms with Crippen LogP contribution in [0.2, 0.25) is 13.1 Å². The Morgan fingerprint density at radius 2 is 1.50 bits per heavy atom. The van der Waals surface area contributed by atoms with Crippen molar-refractivity contribution in [1.29, 1.82) is 0 Å². The Morgan fingerprint density at radius 3 is 2.19 bits per heavy atom. The average Bonchev–Trinajstić information content (AvgIpc) is 3.47. The Kier molecular flexibility index (Phi) is 7.47. The van der Waals surface area contributed by atoms with Crippen molar-refractivity contribution in [3.05, 3.63) is 106 Å². The van der Waals surface area contributed by atoms with Gasteiger partial charge in [0.25, 0.3) is 0 Å². The summed E-state index contributed by atoms with van der Waals surface area (Å²) >= 11 is -4.49. The van der Waals surface area contributed by atoms with Gasteiger partial charge in [0.2, 0.25) is 0 Å². The topological polar surface area (TPSA) is 0 Å². The zero-order valence-electron chi connectivity index (χ0n) is 21.9. The van der Waals surface area contributed by atoms with E-state index in [1.54, 1.807) is 0 Å². The molecule has 0 N–H and O–H groups in total. The molecule has 0 spiro atoms. The fraction of sp³-hybridized carbons (Fsp3) is 0.312. The summed E-state index contributed by atoms with van der Waals surface area (Å²) in [6, 6.07) is 24.7. The fourth-order valence-electron chi connectivity index (χ4n) is 6.61. The second kappa shape index (κ2) is 10.2. The second-order valence-corrected chi connectivity index (χ2v) is 53.6. The van der Waals surface area contributed by atoms with Gasteiger partial charge in [-0.05, 0) is 0 Å². The van der Waals surface area contributed by atoms with Gasteiger partial charge in [-0.15, -0.1) is 0 Å². The molecule has 36 heavy (non-hydrogen) atoms. The van der Waals surface area contributed by atoms with Crippen LogP contribution in [0.1, 0.15) is 68.2 Å². The molecule has 5 rings (SSSR count). The summed E-state index contributed by atoms with van der Waals surface area (Å²) in [7, 11) is 16.5. The van der Waals surface area contributed by atoms with Gasteiger partial charge in [-0.3, -0.25) is 0 Å². The van der Waals surface area contributed by atoms with E-state index in [-0.39, 0.29) is 7.25 Å². The van der Waals surface area contributed by atoms with Gasteiger partial charge in [0.1, 0.15) is 0 Å². The standard InChI is InChI=1S/C21H23.C9H7.C2H7Si.2ClH.Zr/c1-3-6-16-10-12-18(13-11-16)20-9-5-8-19-14-17(7-4-2)15-21(19)20;1-2-5-9-7-3-6-8(9)4-1;1-3-2;;;/h5,8-15H,3-4,6-7H2,1-2H3;1-7H;3H,1-2H3;2*1H;/q;;;;;+2/p-2. The molecule has 2 atom stereocenters. The molecule has 4 heteroatoms. The number of hydrogen-bond donors (Lipinski definition) is 0. The monoisotopic (exact) mass is 609 g/mol. The number of benzene rings is 3.